The Labute approximate surface area is 142 Å². The number of carbonyl (C=O) groups is 2. The molecule has 1 fully saturated rings. The average molecular weight is 341 g/mol. The molecule has 122 valence electrons. The number of ether oxygens (including phenoxy) is 1. The fourth-order valence-corrected chi connectivity index (χ4v) is 3.54. The van der Waals surface area contributed by atoms with Gasteiger partial charge in [0.15, 0.2) is 6.29 Å². The quantitative estimate of drug-likeness (QED) is 0.740. The number of aldehydes is 1. The number of rotatable bonds is 4. The first-order valence-electron chi connectivity index (χ1n) is 7.65. The van der Waals surface area contributed by atoms with Crippen LogP contribution in [0.1, 0.15) is 27.3 Å². The fraction of sp³-hybridized carbons (Fsp3) is 0.235. The molecule has 0 bridgehead atoms. The monoisotopic (exact) mass is 341 g/mol. The highest BCUT2D eigenvalue weighted by atomic mass is 32.1. The van der Waals surface area contributed by atoms with Gasteiger partial charge in [0.25, 0.3) is 5.91 Å². The molecule has 1 atom stereocenters. The normalized spacial score (nSPS) is 17.2. The van der Waals surface area contributed by atoms with Gasteiger partial charge in [-0.25, -0.2) is 4.98 Å². The summed E-state index contributed by atoms with van der Waals surface area (Å²) in [4.78, 5) is 28.8. The highest BCUT2D eigenvalue weighted by Gasteiger charge is 2.25. The van der Waals surface area contributed by atoms with Gasteiger partial charge in [-0.3, -0.25) is 14.0 Å². The van der Waals surface area contributed by atoms with E-state index in [2.05, 4.69) is 10.3 Å². The number of hydrogen-bond donors (Lipinski definition) is 1. The van der Waals surface area contributed by atoms with Crippen LogP contribution in [0.25, 0.3) is 16.9 Å². The number of nitrogens with zero attached hydrogens (tertiary/aromatic N) is 2. The first-order valence-corrected chi connectivity index (χ1v) is 8.59. The van der Waals surface area contributed by atoms with Crippen LogP contribution in [0.15, 0.2) is 35.2 Å². The molecule has 7 heteroatoms. The lowest BCUT2D eigenvalue weighted by molar-refractivity contribution is 0.0924. The smallest absolute Gasteiger partial charge is 0.270 e. The van der Waals surface area contributed by atoms with Crippen molar-refractivity contribution in [1.82, 2.24) is 14.7 Å². The van der Waals surface area contributed by atoms with Gasteiger partial charge in [-0.05, 0) is 30.0 Å². The number of pyridine rings is 1. The molecule has 4 heterocycles. The van der Waals surface area contributed by atoms with Crippen LogP contribution >= 0.6 is 11.3 Å². The molecule has 0 radical (unpaired) electrons. The van der Waals surface area contributed by atoms with Gasteiger partial charge in [0.2, 0.25) is 0 Å². The Kier molecular flexibility index (Phi) is 3.87. The molecule has 24 heavy (non-hydrogen) atoms. The van der Waals surface area contributed by atoms with Crippen LogP contribution in [0.4, 0.5) is 0 Å². The number of thiophene rings is 1. The van der Waals surface area contributed by atoms with E-state index in [1.165, 1.54) is 11.3 Å². The van der Waals surface area contributed by atoms with Gasteiger partial charge in [0.05, 0.1) is 18.2 Å². The fourth-order valence-electron chi connectivity index (χ4n) is 2.90. The lowest BCUT2D eigenvalue weighted by Crippen LogP contribution is -2.35. The summed E-state index contributed by atoms with van der Waals surface area (Å²) in [5.74, 6) is -0.206. The maximum atomic E-state index is 12.9. The standard InChI is InChI=1S/C17H15N3O3S/c21-8-11-2-1-5-20-15(17(22)18-13-3-6-23-9-13)14(19-16(11)20)12-4-7-24-10-12/h1-2,4-5,7-8,10,13H,3,6,9H2,(H,18,22). The third-order valence-electron chi connectivity index (χ3n) is 4.08. The van der Waals surface area contributed by atoms with Gasteiger partial charge >= 0.3 is 0 Å². The number of nitrogens with one attached hydrogen (secondary N) is 1. The summed E-state index contributed by atoms with van der Waals surface area (Å²) in [5, 5.41) is 6.88. The number of carbonyl (C=O) groups excluding carboxylic acids is 2. The zero-order chi connectivity index (χ0) is 16.5. The summed E-state index contributed by atoms with van der Waals surface area (Å²) in [6.07, 6.45) is 3.31. The second-order valence-corrected chi connectivity index (χ2v) is 6.41. The van der Waals surface area contributed by atoms with Crippen molar-refractivity contribution in [3.05, 3.63) is 46.4 Å². The number of imidazole rings is 1. The molecule has 0 aromatic carbocycles. The predicted octanol–water partition coefficient (Wildman–Crippen LogP) is 2.39. The van der Waals surface area contributed by atoms with E-state index in [9.17, 15) is 9.59 Å². The summed E-state index contributed by atoms with van der Waals surface area (Å²) in [6, 6.07) is 5.36. The first-order chi connectivity index (χ1) is 11.8. The minimum Gasteiger partial charge on any atom is -0.379 e. The molecule has 1 N–H and O–H groups in total. The second-order valence-electron chi connectivity index (χ2n) is 5.63. The largest absolute Gasteiger partial charge is 0.379 e. The number of amides is 1. The zero-order valence-electron chi connectivity index (χ0n) is 12.8. The van der Waals surface area contributed by atoms with Crippen LogP contribution in [-0.4, -0.2) is 40.8 Å². The molecule has 1 saturated heterocycles. The van der Waals surface area contributed by atoms with Crippen molar-refractivity contribution < 1.29 is 14.3 Å². The summed E-state index contributed by atoms with van der Waals surface area (Å²) in [7, 11) is 0. The van der Waals surface area contributed by atoms with Crippen molar-refractivity contribution in [2.45, 2.75) is 12.5 Å². The van der Waals surface area contributed by atoms with Crippen LogP contribution in [0.5, 0.6) is 0 Å². The minimum absolute atomic E-state index is 0.00706. The van der Waals surface area contributed by atoms with Crippen LogP contribution in [0.3, 0.4) is 0 Å². The Morgan fingerprint density at radius 3 is 3.08 bits per heavy atom. The van der Waals surface area contributed by atoms with Crippen molar-refractivity contribution in [3.8, 4) is 11.3 Å². The van der Waals surface area contributed by atoms with Gasteiger partial charge in [-0.1, -0.05) is 0 Å². The van der Waals surface area contributed by atoms with Gasteiger partial charge in [0.1, 0.15) is 17.0 Å². The molecule has 1 aliphatic rings. The maximum absolute atomic E-state index is 12.9. The van der Waals surface area contributed by atoms with Crippen LogP contribution < -0.4 is 5.32 Å². The summed E-state index contributed by atoms with van der Waals surface area (Å²) in [6.45, 7) is 1.18. The van der Waals surface area contributed by atoms with Crippen molar-refractivity contribution in [2.75, 3.05) is 13.2 Å². The maximum Gasteiger partial charge on any atom is 0.270 e. The second kappa shape index (κ2) is 6.18. The topological polar surface area (TPSA) is 72.7 Å². The predicted molar refractivity (Wildman–Crippen MR) is 90.6 cm³/mol. The van der Waals surface area contributed by atoms with E-state index in [1.807, 2.05) is 16.8 Å². The van der Waals surface area contributed by atoms with Crippen LogP contribution in [0, 0.1) is 0 Å². The molecule has 1 unspecified atom stereocenters. The van der Waals surface area contributed by atoms with Gasteiger partial charge in [-0.2, -0.15) is 11.3 Å². The number of hydrogen-bond acceptors (Lipinski definition) is 5. The van der Waals surface area contributed by atoms with Crippen molar-refractivity contribution in [3.63, 3.8) is 0 Å². The Balaban J connectivity index is 1.86. The van der Waals surface area contributed by atoms with E-state index in [0.717, 1.165) is 18.3 Å². The van der Waals surface area contributed by atoms with E-state index in [0.29, 0.717) is 35.8 Å². The Morgan fingerprint density at radius 1 is 1.46 bits per heavy atom. The highest BCUT2D eigenvalue weighted by Crippen LogP contribution is 2.27. The minimum atomic E-state index is -0.206. The Hall–Kier alpha value is -2.51. The lowest BCUT2D eigenvalue weighted by atomic mass is 10.1. The number of fused-ring (bicyclic) bond motifs is 1. The molecule has 6 nitrogen and oxygen atoms in total. The van der Waals surface area contributed by atoms with E-state index < -0.39 is 0 Å². The third-order valence-corrected chi connectivity index (χ3v) is 4.77. The van der Waals surface area contributed by atoms with E-state index in [-0.39, 0.29) is 11.9 Å². The SMILES string of the molecule is O=Cc1cccn2c(C(=O)NC3CCOC3)c(-c3ccsc3)nc12. The summed E-state index contributed by atoms with van der Waals surface area (Å²) < 4.78 is 7.00. The first kappa shape index (κ1) is 15.0. The summed E-state index contributed by atoms with van der Waals surface area (Å²) in [5.41, 5.74) is 2.84. The Bertz CT molecular complexity index is 895. The van der Waals surface area contributed by atoms with E-state index >= 15 is 0 Å². The van der Waals surface area contributed by atoms with E-state index in [1.54, 1.807) is 22.7 Å². The van der Waals surface area contributed by atoms with Crippen LogP contribution in [0.2, 0.25) is 0 Å². The summed E-state index contributed by atoms with van der Waals surface area (Å²) >= 11 is 1.54. The van der Waals surface area contributed by atoms with E-state index in [4.69, 9.17) is 4.74 Å². The molecule has 4 rings (SSSR count). The number of aromatic nitrogens is 2. The molecule has 0 spiro atoms. The van der Waals surface area contributed by atoms with Crippen molar-refractivity contribution in [1.29, 1.82) is 0 Å². The molecule has 1 aliphatic heterocycles. The van der Waals surface area contributed by atoms with Crippen molar-refractivity contribution >= 4 is 29.2 Å². The van der Waals surface area contributed by atoms with Gasteiger partial charge in [0, 0.05) is 23.7 Å². The molecule has 0 saturated carbocycles. The molecule has 0 aliphatic carbocycles. The average Bonchev–Trinajstić information content (AvgIpc) is 3.33. The highest BCUT2D eigenvalue weighted by molar-refractivity contribution is 7.08. The van der Waals surface area contributed by atoms with Crippen molar-refractivity contribution in [2.24, 2.45) is 0 Å². The zero-order valence-corrected chi connectivity index (χ0v) is 13.6. The van der Waals surface area contributed by atoms with Gasteiger partial charge < -0.3 is 10.1 Å². The lowest BCUT2D eigenvalue weighted by Gasteiger charge is -2.11. The molecule has 3 aromatic heterocycles. The van der Waals surface area contributed by atoms with Gasteiger partial charge in [-0.15, -0.1) is 0 Å². The molecule has 1 amide bonds. The molecular formula is C17H15N3O3S. The third kappa shape index (κ3) is 2.51. The molecular weight excluding hydrogens is 326 g/mol. The molecule has 3 aromatic rings. The Morgan fingerprint density at radius 2 is 2.38 bits per heavy atom. The van der Waals surface area contributed by atoms with Crippen LogP contribution in [-0.2, 0) is 4.74 Å².